The molecule has 1 aromatic heterocycles. The molecule has 2 saturated heterocycles. The lowest BCUT2D eigenvalue weighted by molar-refractivity contribution is -0.289. The van der Waals surface area contributed by atoms with Crippen LogP contribution in [0.3, 0.4) is 0 Å². The predicted molar refractivity (Wildman–Crippen MR) is 151 cm³/mol. The quantitative estimate of drug-likeness (QED) is 0.142. The molecule has 8 atom stereocenters. The molecule has 2 aliphatic heterocycles. The van der Waals surface area contributed by atoms with Crippen molar-refractivity contribution in [2.24, 2.45) is 0 Å². The Morgan fingerprint density at radius 3 is 2.44 bits per heavy atom. The molecule has 15 heteroatoms. The van der Waals surface area contributed by atoms with Gasteiger partial charge in [0.25, 0.3) is 0 Å². The Balaban J connectivity index is 1.21. The number of carbonyl (C=O) groups excluding carboxylic acids is 1. The summed E-state index contributed by atoms with van der Waals surface area (Å²) in [6.07, 6.45) is -11.1. The third-order valence-electron chi connectivity index (χ3n) is 7.66. The number of aliphatic hydroxyl groups is 5. The van der Waals surface area contributed by atoms with Crippen molar-refractivity contribution in [3.05, 3.63) is 64.0 Å². The van der Waals surface area contributed by atoms with Gasteiger partial charge >= 0.3 is 11.6 Å². The van der Waals surface area contributed by atoms with E-state index in [0.717, 1.165) is 6.07 Å². The fourth-order valence-electron chi connectivity index (χ4n) is 5.08. The van der Waals surface area contributed by atoms with Crippen LogP contribution in [0.25, 0.3) is 11.0 Å². The van der Waals surface area contributed by atoms with Crippen molar-refractivity contribution >= 4 is 16.9 Å². The van der Waals surface area contributed by atoms with Crippen molar-refractivity contribution < 1.29 is 67.9 Å². The fraction of sp³-hybridized carbons (Fsp3) is 0.467. The lowest BCUT2D eigenvalue weighted by Crippen LogP contribution is -2.60. The van der Waals surface area contributed by atoms with Crippen LogP contribution in [0.1, 0.15) is 15.9 Å². The zero-order valence-corrected chi connectivity index (χ0v) is 24.5. The molecule has 2 aliphatic rings. The fourth-order valence-corrected chi connectivity index (χ4v) is 5.08. The minimum Gasteiger partial charge on any atom is -0.493 e. The number of hydrogen-bond donors (Lipinski definition) is 5. The van der Waals surface area contributed by atoms with Gasteiger partial charge in [0.2, 0.25) is 6.29 Å². The highest BCUT2D eigenvalue weighted by Crippen LogP contribution is 2.33. The van der Waals surface area contributed by atoms with E-state index >= 15 is 0 Å². The Labute approximate surface area is 256 Å². The molecule has 0 aliphatic carbocycles. The van der Waals surface area contributed by atoms with Gasteiger partial charge in [0, 0.05) is 0 Å². The third-order valence-corrected chi connectivity index (χ3v) is 7.66. The number of ether oxygens (including phenoxy) is 7. The first kappa shape index (κ1) is 32.6. The highest BCUT2D eigenvalue weighted by atomic mass is 16.7. The molecule has 5 N–H and O–H groups in total. The molecule has 2 aromatic carbocycles. The molecule has 15 nitrogen and oxygen atoms in total. The number of rotatable bonds is 10. The average Bonchev–Trinajstić information content (AvgIpc) is 3.31. The van der Waals surface area contributed by atoms with Gasteiger partial charge in [0.15, 0.2) is 23.4 Å². The largest absolute Gasteiger partial charge is 0.493 e. The van der Waals surface area contributed by atoms with Gasteiger partial charge in [-0.1, -0.05) is 12.1 Å². The van der Waals surface area contributed by atoms with Crippen LogP contribution in [0.5, 0.6) is 17.2 Å². The minimum atomic E-state index is -2.04. The number of carbonyl (C=O) groups is 1. The van der Waals surface area contributed by atoms with Crippen LogP contribution in [0.2, 0.25) is 0 Å². The molecular weight excluding hydrogens is 600 g/mol. The van der Waals surface area contributed by atoms with Crippen LogP contribution in [0, 0.1) is 6.92 Å². The summed E-state index contributed by atoms with van der Waals surface area (Å²) in [5.41, 5.74) is -1.72. The lowest BCUT2D eigenvalue weighted by atomic mass is 9.99. The second kappa shape index (κ2) is 13.3. The van der Waals surface area contributed by atoms with Gasteiger partial charge in [0.05, 0.1) is 44.4 Å². The number of fused-ring (bicyclic) bond motifs is 1. The van der Waals surface area contributed by atoms with Crippen molar-refractivity contribution in [2.75, 3.05) is 34.0 Å². The summed E-state index contributed by atoms with van der Waals surface area (Å²) in [7, 11) is 2.85. The SMILES string of the molecule is COc1ccc(C(=O)OCC2(O)COC(OCC3OC(Oc4cc(=O)oc5cccc(C)c45)C(O)C(O)C3O)C2O)cc1OC. The number of esters is 1. The van der Waals surface area contributed by atoms with E-state index in [1.165, 1.54) is 32.4 Å². The molecule has 244 valence electrons. The molecule has 8 unspecified atom stereocenters. The van der Waals surface area contributed by atoms with Crippen molar-refractivity contribution in [3.63, 3.8) is 0 Å². The lowest BCUT2D eigenvalue weighted by Gasteiger charge is -2.40. The van der Waals surface area contributed by atoms with Gasteiger partial charge < -0.3 is 63.1 Å². The maximum atomic E-state index is 12.6. The van der Waals surface area contributed by atoms with Crippen LogP contribution >= 0.6 is 0 Å². The summed E-state index contributed by atoms with van der Waals surface area (Å²) < 4.78 is 43.2. The summed E-state index contributed by atoms with van der Waals surface area (Å²) in [5, 5.41) is 53.8. The van der Waals surface area contributed by atoms with E-state index in [0.29, 0.717) is 22.4 Å². The summed E-state index contributed by atoms with van der Waals surface area (Å²) in [4.78, 5) is 24.7. The highest BCUT2D eigenvalue weighted by Gasteiger charge is 2.51. The van der Waals surface area contributed by atoms with Crippen LogP contribution in [0.15, 0.2) is 51.7 Å². The normalized spacial score (nSPS) is 29.8. The van der Waals surface area contributed by atoms with Gasteiger partial charge in [-0.15, -0.1) is 0 Å². The molecule has 2 fully saturated rings. The zero-order valence-electron chi connectivity index (χ0n) is 24.5. The maximum Gasteiger partial charge on any atom is 0.339 e. The molecule has 0 amide bonds. The van der Waals surface area contributed by atoms with E-state index in [1.54, 1.807) is 25.1 Å². The molecule has 0 spiro atoms. The summed E-state index contributed by atoms with van der Waals surface area (Å²) >= 11 is 0. The second-order valence-electron chi connectivity index (χ2n) is 10.7. The second-order valence-corrected chi connectivity index (χ2v) is 10.7. The monoisotopic (exact) mass is 634 g/mol. The number of aliphatic hydroxyl groups excluding tert-OH is 4. The number of aryl methyl sites for hydroxylation is 1. The Morgan fingerprint density at radius 2 is 1.71 bits per heavy atom. The van der Waals surface area contributed by atoms with Crippen molar-refractivity contribution in [1.82, 2.24) is 0 Å². The number of benzene rings is 2. The zero-order chi connectivity index (χ0) is 32.5. The van der Waals surface area contributed by atoms with E-state index in [4.69, 9.17) is 37.6 Å². The Morgan fingerprint density at radius 1 is 0.956 bits per heavy atom. The minimum absolute atomic E-state index is 0.0221. The first-order chi connectivity index (χ1) is 21.4. The van der Waals surface area contributed by atoms with Crippen molar-refractivity contribution in [1.29, 1.82) is 0 Å². The number of methoxy groups -OCH3 is 2. The first-order valence-electron chi connectivity index (χ1n) is 13.9. The summed E-state index contributed by atoms with van der Waals surface area (Å²) in [6, 6.07) is 10.4. The smallest absolute Gasteiger partial charge is 0.339 e. The van der Waals surface area contributed by atoms with E-state index in [9.17, 15) is 35.1 Å². The van der Waals surface area contributed by atoms with Gasteiger partial charge in [-0.25, -0.2) is 9.59 Å². The molecular formula is C30H34O15. The molecule has 0 radical (unpaired) electrons. The number of hydrogen-bond acceptors (Lipinski definition) is 15. The van der Waals surface area contributed by atoms with E-state index < -0.39 is 80.1 Å². The Bertz CT molecular complexity index is 1570. The Hall–Kier alpha value is -3.80. The average molecular weight is 635 g/mol. The molecule has 0 saturated carbocycles. The molecule has 45 heavy (non-hydrogen) atoms. The Kier molecular flexibility index (Phi) is 9.62. The van der Waals surface area contributed by atoms with Crippen LogP contribution in [-0.2, 0) is 18.9 Å². The first-order valence-corrected chi connectivity index (χ1v) is 13.9. The van der Waals surface area contributed by atoms with Gasteiger partial charge in [-0.2, -0.15) is 0 Å². The van der Waals surface area contributed by atoms with E-state index in [-0.39, 0.29) is 16.9 Å². The molecule has 3 aromatic rings. The maximum absolute atomic E-state index is 12.6. The van der Waals surface area contributed by atoms with Gasteiger partial charge in [-0.3, -0.25) is 0 Å². The van der Waals surface area contributed by atoms with Crippen LogP contribution < -0.4 is 19.8 Å². The summed E-state index contributed by atoms with van der Waals surface area (Å²) in [5.74, 6) is -0.0968. The van der Waals surface area contributed by atoms with Crippen LogP contribution in [-0.4, -0.2) is 114 Å². The topological polar surface area (TPSA) is 213 Å². The molecule has 3 heterocycles. The van der Waals surface area contributed by atoms with Crippen molar-refractivity contribution in [3.8, 4) is 17.2 Å². The van der Waals surface area contributed by atoms with E-state index in [1.807, 2.05) is 0 Å². The van der Waals surface area contributed by atoms with Crippen LogP contribution in [0.4, 0.5) is 0 Å². The van der Waals surface area contributed by atoms with Gasteiger partial charge in [-0.05, 0) is 36.8 Å². The summed E-state index contributed by atoms with van der Waals surface area (Å²) in [6.45, 7) is 0.143. The van der Waals surface area contributed by atoms with E-state index in [2.05, 4.69) is 0 Å². The molecule has 0 bridgehead atoms. The predicted octanol–water partition coefficient (Wildman–Crippen LogP) is -0.373. The van der Waals surface area contributed by atoms with Gasteiger partial charge in [0.1, 0.15) is 48.5 Å². The molecule has 5 rings (SSSR count). The standard InChI is InChI=1S/C30H34O15/c1-14-5-4-6-17-22(14)19(10-21(31)43-17)44-28-25(34)24(33)23(32)20(45-28)11-40-29-26(35)30(37,13-42-29)12-41-27(36)15-7-8-16(38-2)18(9-15)39-3/h4-10,20,23-26,28-29,32-35,37H,11-13H2,1-3H3. The highest BCUT2D eigenvalue weighted by molar-refractivity contribution is 5.90. The van der Waals surface area contributed by atoms with Crippen molar-refractivity contribution in [2.45, 2.75) is 55.6 Å². The third kappa shape index (κ3) is 6.61.